The molecule has 1 N–H and O–H groups in total. The van der Waals surface area contributed by atoms with Gasteiger partial charge < -0.3 is 19.3 Å². The van der Waals surface area contributed by atoms with Crippen LogP contribution in [0.25, 0.3) is 0 Å². The molecule has 0 aromatic heterocycles. The van der Waals surface area contributed by atoms with Crippen LogP contribution in [0.1, 0.15) is 44.8 Å². The summed E-state index contributed by atoms with van der Waals surface area (Å²) < 4.78 is 17.1. The lowest BCUT2D eigenvalue weighted by atomic mass is 9.60. The van der Waals surface area contributed by atoms with E-state index in [1.165, 1.54) is 0 Å². The third kappa shape index (κ3) is 2.05. The van der Waals surface area contributed by atoms with E-state index in [9.17, 15) is 5.11 Å². The standard InChI is InChI=1S/C20H28O4/c1-19(2)13-9-16-17(24-6-5-20(16,11-13)18(19)21)12-7-14(22-3)10-15(8-12)23-4/h7-8,10,13,16-18,21H,5-6,9,11H2,1-4H3/t13-,16-,17-,18-,20-/m1/s1. The van der Waals surface area contributed by atoms with Crippen LogP contribution in [0.4, 0.5) is 0 Å². The summed E-state index contributed by atoms with van der Waals surface area (Å²) in [6.45, 7) is 5.17. The molecule has 0 amide bonds. The van der Waals surface area contributed by atoms with Gasteiger partial charge >= 0.3 is 0 Å². The monoisotopic (exact) mass is 332 g/mol. The Labute approximate surface area is 144 Å². The first-order valence-corrected chi connectivity index (χ1v) is 8.95. The molecule has 2 saturated carbocycles. The highest BCUT2D eigenvalue weighted by Gasteiger charge is 2.68. The molecule has 3 fully saturated rings. The van der Waals surface area contributed by atoms with Crippen LogP contribution in [-0.2, 0) is 4.74 Å². The Bertz CT molecular complexity index is 618. The number of aliphatic hydroxyl groups excluding tert-OH is 1. The minimum absolute atomic E-state index is 0.00734. The lowest BCUT2D eigenvalue weighted by molar-refractivity contribution is -0.164. The third-order valence-electron chi connectivity index (χ3n) is 7.14. The van der Waals surface area contributed by atoms with E-state index in [4.69, 9.17) is 14.2 Å². The van der Waals surface area contributed by atoms with E-state index in [1.54, 1.807) is 14.2 Å². The first kappa shape index (κ1) is 16.2. The van der Waals surface area contributed by atoms with Crippen LogP contribution in [0, 0.1) is 22.7 Å². The molecule has 0 unspecified atom stereocenters. The van der Waals surface area contributed by atoms with Crippen molar-refractivity contribution in [3.63, 3.8) is 0 Å². The zero-order valence-electron chi connectivity index (χ0n) is 15.0. The quantitative estimate of drug-likeness (QED) is 0.919. The summed E-state index contributed by atoms with van der Waals surface area (Å²) in [5.41, 5.74) is 1.13. The first-order chi connectivity index (χ1) is 11.4. The Kier molecular flexibility index (Phi) is 3.63. The minimum Gasteiger partial charge on any atom is -0.497 e. The lowest BCUT2D eigenvalue weighted by Gasteiger charge is -2.51. The Hall–Kier alpha value is -1.26. The van der Waals surface area contributed by atoms with Gasteiger partial charge in [0.1, 0.15) is 11.5 Å². The van der Waals surface area contributed by atoms with Crippen LogP contribution < -0.4 is 9.47 Å². The van der Waals surface area contributed by atoms with Crippen LogP contribution in [0.3, 0.4) is 0 Å². The Balaban J connectivity index is 1.72. The maximum Gasteiger partial charge on any atom is 0.122 e. The van der Waals surface area contributed by atoms with E-state index >= 15 is 0 Å². The number of ether oxygens (including phenoxy) is 3. The first-order valence-electron chi connectivity index (χ1n) is 8.95. The van der Waals surface area contributed by atoms with E-state index in [-0.39, 0.29) is 23.0 Å². The zero-order valence-corrected chi connectivity index (χ0v) is 15.0. The van der Waals surface area contributed by atoms with Gasteiger partial charge in [-0.25, -0.2) is 0 Å². The van der Waals surface area contributed by atoms with Crippen molar-refractivity contribution in [1.82, 2.24) is 0 Å². The Morgan fingerprint density at radius 2 is 1.79 bits per heavy atom. The van der Waals surface area contributed by atoms with Gasteiger partial charge in [0.2, 0.25) is 0 Å². The summed E-state index contributed by atoms with van der Waals surface area (Å²) in [5, 5.41) is 11.1. The predicted octanol–water partition coefficient (Wildman–Crippen LogP) is 3.58. The van der Waals surface area contributed by atoms with Gasteiger partial charge in [-0.2, -0.15) is 0 Å². The number of rotatable bonds is 3. The fourth-order valence-electron chi connectivity index (χ4n) is 5.74. The van der Waals surface area contributed by atoms with Crippen molar-refractivity contribution < 1.29 is 19.3 Å². The van der Waals surface area contributed by atoms with Gasteiger partial charge in [-0.3, -0.25) is 0 Å². The molecular weight excluding hydrogens is 304 g/mol. The van der Waals surface area contributed by atoms with Gasteiger partial charge in [0, 0.05) is 18.1 Å². The van der Waals surface area contributed by atoms with Gasteiger partial charge in [-0.1, -0.05) is 13.8 Å². The van der Waals surface area contributed by atoms with E-state index in [1.807, 2.05) is 6.07 Å². The third-order valence-corrected chi connectivity index (χ3v) is 7.14. The van der Waals surface area contributed by atoms with Crippen molar-refractivity contribution in [3.8, 4) is 11.5 Å². The maximum atomic E-state index is 11.1. The van der Waals surface area contributed by atoms with E-state index in [0.717, 1.165) is 36.3 Å². The molecule has 1 saturated heterocycles. The molecule has 1 aromatic carbocycles. The maximum absolute atomic E-state index is 11.1. The molecule has 1 heterocycles. The van der Waals surface area contributed by atoms with Crippen molar-refractivity contribution in [2.24, 2.45) is 22.7 Å². The van der Waals surface area contributed by atoms with Gasteiger partial charge in [0.15, 0.2) is 0 Å². The lowest BCUT2D eigenvalue weighted by Crippen LogP contribution is -2.51. The molecule has 3 aliphatic rings. The van der Waals surface area contributed by atoms with Crippen molar-refractivity contribution in [2.45, 2.75) is 45.3 Å². The van der Waals surface area contributed by atoms with Crippen LogP contribution in [0.2, 0.25) is 0 Å². The van der Waals surface area contributed by atoms with E-state index < -0.39 is 0 Å². The van der Waals surface area contributed by atoms with Gasteiger partial charge in [0.25, 0.3) is 0 Å². The van der Waals surface area contributed by atoms with Crippen LogP contribution in [0.15, 0.2) is 18.2 Å². The topological polar surface area (TPSA) is 47.9 Å². The fraction of sp³-hybridized carbons (Fsp3) is 0.700. The molecule has 2 bridgehead atoms. The molecular formula is C20H28O4. The molecule has 1 aliphatic heterocycles. The second kappa shape index (κ2) is 5.37. The van der Waals surface area contributed by atoms with Crippen molar-refractivity contribution in [1.29, 1.82) is 0 Å². The number of hydrogen-bond acceptors (Lipinski definition) is 4. The SMILES string of the molecule is COc1cc(OC)cc([C@H]2OCC[C@@]34C[C@@H](C[C@H]23)C(C)(C)[C@H]4O)c1. The van der Waals surface area contributed by atoms with E-state index in [0.29, 0.717) is 18.4 Å². The van der Waals surface area contributed by atoms with Crippen LogP contribution in [-0.4, -0.2) is 32.0 Å². The molecule has 5 atom stereocenters. The summed E-state index contributed by atoms with van der Waals surface area (Å²) >= 11 is 0. The summed E-state index contributed by atoms with van der Waals surface area (Å²) in [6.07, 6.45) is 3.00. The smallest absolute Gasteiger partial charge is 0.122 e. The Morgan fingerprint density at radius 3 is 2.38 bits per heavy atom. The summed E-state index contributed by atoms with van der Waals surface area (Å²) in [7, 11) is 3.34. The molecule has 0 radical (unpaired) electrons. The number of aliphatic hydroxyl groups is 1. The molecule has 132 valence electrons. The average Bonchev–Trinajstić information content (AvgIpc) is 3.08. The molecule has 4 rings (SSSR count). The van der Waals surface area contributed by atoms with Crippen molar-refractivity contribution in [2.75, 3.05) is 20.8 Å². The van der Waals surface area contributed by atoms with Gasteiger partial charge in [0.05, 0.1) is 26.4 Å². The highest BCUT2D eigenvalue weighted by atomic mass is 16.5. The van der Waals surface area contributed by atoms with E-state index in [2.05, 4.69) is 26.0 Å². The highest BCUT2D eigenvalue weighted by Crippen LogP contribution is 2.70. The molecule has 1 spiro atoms. The highest BCUT2D eigenvalue weighted by molar-refractivity contribution is 5.40. The van der Waals surface area contributed by atoms with Crippen molar-refractivity contribution in [3.05, 3.63) is 23.8 Å². The zero-order chi connectivity index (χ0) is 17.1. The molecule has 4 heteroatoms. The number of hydrogen-bond donors (Lipinski definition) is 1. The van der Waals surface area contributed by atoms with Crippen molar-refractivity contribution >= 4 is 0 Å². The molecule has 1 aromatic rings. The number of benzene rings is 1. The van der Waals surface area contributed by atoms with Crippen LogP contribution >= 0.6 is 0 Å². The minimum atomic E-state index is -0.243. The molecule has 24 heavy (non-hydrogen) atoms. The average molecular weight is 332 g/mol. The number of methoxy groups -OCH3 is 2. The molecule has 2 aliphatic carbocycles. The largest absolute Gasteiger partial charge is 0.497 e. The summed E-state index contributed by atoms with van der Waals surface area (Å²) in [5.74, 6) is 2.53. The summed E-state index contributed by atoms with van der Waals surface area (Å²) in [6, 6.07) is 5.99. The predicted molar refractivity (Wildman–Crippen MR) is 91.3 cm³/mol. The van der Waals surface area contributed by atoms with Gasteiger partial charge in [-0.05, 0) is 54.2 Å². The Morgan fingerprint density at radius 1 is 1.12 bits per heavy atom. The molecule has 4 nitrogen and oxygen atoms in total. The fourth-order valence-corrected chi connectivity index (χ4v) is 5.74. The van der Waals surface area contributed by atoms with Gasteiger partial charge in [-0.15, -0.1) is 0 Å². The second-order valence-corrected chi connectivity index (χ2v) is 8.39. The van der Waals surface area contributed by atoms with Crippen LogP contribution in [0.5, 0.6) is 11.5 Å². The second-order valence-electron chi connectivity index (χ2n) is 8.39. The summed E-state index contributed by atoms with van der Waals surface area (Å²) in [4.78, 5) is 0. The normalized spacial score (nSPS) is 39.5. The number of fused-ring (bicyclic) bond motifs is 1.